The predicted molar refractivity (Wildman–Crippen MR) is 153 cm³/mol. The zero-order chi connectivity index (χ0) is 25.2. The van der Waals surface area contributed by atoms with Gasteiger partial charge in [0.2, 0.25) is 0 Å². The summed E-state index contributed by atoms with van der Waals surface area (Å²) in [4.78, 5) is 0. The molecule has 0 amide bonds. The van der Waals surface area contributed by atoms with Gasteiger partial charge in [0.15, 0.2) is 0 Å². The van der Waals surface area contributed by atoms with Gasteiger partial charge < -0.3 is 0 Å². The Morgan fingerprint density at radius 3 is 1.92 bits per heavy atom. The van der Waals surface area contributed by atoms with Gasteiger partial charge in [-0.1, -0.05) is 118 Å². The van der Waals surface area contributed by atoms with Crippen LogP contribution in [0, 0.1) is 17.7 Å². The Kier molecular flexibility index (Phi) is 9.34. The van der Waals surface area contributed by atoms with E-state index in [1.54, 1.807) is 6.07 Å². The number of hydrogen-bond donors (Lipinski definition) is 0. The molecule has 0 spiro atoms. The summed E-state index contributed by atoms with van der Waals surface area (Å²) in [5.41, 5.74) is 6.39. The fourth-order valence-corrected chi connectivity index (χ4v) is 4.68. The fourth-order valence-electron chi connectivity index (χ4n) is 4.68. The van der Waals surface area contributed by atoms with E-state index in [4.69, 9.17) is 0 Å². The van der Waals surface area contributed by atoms with Gasteiger partial charge >= 0.3 is 0 Å². The maximum absolute atomic E-state index is 15.1. The van der Waals surface area contributed by atoms with Crippen LogP contribution in [-0.4, -0.2) is 0 Å². The zero-order valence-corrected chi connectivity index (χ0v) is 21.7. The summed E-state index contributed by atoms with van der Waals surface area (Å²) in [6.07, 6.45) is 11.0. The number of unbranched alkanes of at least 4 members (excludes halogenated alkanes) is 5. The summed E-state index contributed by atoms with van der Waals surface area (Å²) >= 11 is 0. The maximum atomic E-state index is 15.1. The standard InChI is InChI=1S/C35H37F/c1-3-5-7-9-10-27-12-18-30(19-13-27)31-20-14-28(15-21-31)16-22-32-23-24-33-26-29(11-8-6-4-2)17-25-34(33)35(32)36/h12-15,17-21,23-26H,3-11H2,1-2H3. The molecule has 0 radical (unpaired) electrons. The number of hydrogen-bond acceptors (Lipinski definition) is 0. The van der Waals surface area contributed by atoms with E-state index in [1.165, 1.54) is 67.2 Å². The van der Waals surface area contributed by atoms with Crippen molar-refractivity contribution in [2.45, 2.75) is 71.6 Å². The van der Waals surface area contributed by atoms with Gasteiger partial charge in [-0.2, -0.15) is 0 Å². The second kappa shape index (κ2) is 13.1. The van der Waals surface area contributed by atoms with E-state index in [1.807, 2.05) is 24.3 Å². The van der Waals surface area contributed by atoms with Crippen LogP contribution >= 0.6 is 0 Å². The molecule has 0 saturated heterocycles. The van der Waals surface area contributed by atoms with Crippen molar-refractivity contribution < 1.29 is 4.39 Å². The lowest BCUT2D eigenvalue weighted by Gasteiger charge is -2.06. The third kappa shape index (κ3) is 6.86. The molecule has 0 aliphatic heterocycles. The Bertz CT molecular complexity index is 1320. The van der Waals surface area contributed by atoms with Crippen molar-refractivity contribution in [3.63, 3.8) is 0 Å². The van der Waals surface area contributed by atoms with Gasteiger partial charge in [-0.05, 0) is 71.5 Å². The Balaban J connectivity index is 1.42. The van der Waals surface area contributed by atoms with Gasteiger partial charge in [-0.25, -0.2) is 4.39 Å². The van der Waals surface area contributed by atoms with Gasteiger partial charge in [-0.3, -0.25) is 0 Å². The molecule has 0 aliphatic rings. The van der Waals surface area contributed by atoms with E-state index in [-0.39, 0.29) is 5.82 Å². The normalized spacial score (nSPS) is 10.9. The highest BCUT2D eigenvalue weighted by atomic mass is 19.1. The van der Waals surface area contributed by atoms with E-state index in [9.17, 15) is 0 Å². The van der Waals surface area contributed by atoms with Crippen molar-refractivity contribution in [3.05, 3.63) is 107 Å². The van der Waals surface area contributed by atoms with E-state index >= 15 is 4.39 Å². The second-order valence-electron chi connectivity index (χ2n) is 9.77. The van der Waals surface area contributed by atoms with Crippen LogP contribution in [-0.2, 0) is 12.8 Å². The molecule has 1 heteroatoms. The SMILES string of the molecule is CCCCCCc1ccc(-c2ccc(C#Cc3ccc4cc(CCCCC)ccc4c3F)cc2)cc1. The lowest BCUT2D eigenvalue weighted by Crippen LogP contribution is -1.90. The molecule has 0 fully saturated rings. The molecule has 0 nitrogen and oxygen atoms in total. The monoisotopic (exact) mass is 476 g/mol. The molecular weight excluding hydrogens is 439 g/mol. The van der Waals surface area contributed by atoms with Gasteiger partial charge in [0, 0.05) is 10.9 Å². The minimum absolute atomic E-state index is 0.230. The molecule has 0 atom stereocenters. The van der Waals surface area contributed by atoms with Crippen LogP contribution in [0.3, 0.4) is 0 Å². The molecule has 0 heterocycles. The molecule has 4 aromatic carbocycles. The molecule has 0 aromatic heterocycles. The van der Waals surface area contributed by atoms with Gasteiger partial charge in [0.1, 0.15) is 5.82 Å². The van der Waals surface area contributed by atoms with Crippen molar-refractivity contribution in [3.8, 4) is 23.0 Å². The van der Waals surface area contributed by atoms with Crippen LogP contribution in [0.2, 0.25) is 0 Å². The number of halogens is 1. The maximum Gasteiger partial charge on any atom is 0.146 e. The van der Waals surface area contributed by atoms with Crippen molar-refractivity contribution in [2.75, 3.05) is 0 Å². The summed E-state index contributed by atoms with van der Waals surface area (Å²) in [6, 6.07) is 27.0. The van der Waals surface area contributed by atoms with Gasteiger partial charge in [-0.15, -0.1) is 0 Å². The molecule has 0 saturated carbocycles. The van der Waals surface area contributed by atoms with Crippen LogP contribution in [0.15, 0.2) is 78.9 Å². The highest BCUT2D eigenvalue weighted by Gasteiger charge is 2.07. The van der Waals surface area contributed by atoms with Crippen LogP contribution in [0.25, 0.3) is 21.9 Å². The number of aryl methyl sites for hydroxylation is 2. The van der Waals surface area contributed by atoms with Crippen LogP contribution in [0.1, 0.15) is 81.0 Å². The van der Waals surface area contributed by atoms with E-state index in [0.29, 0.717) is 10.9 Å². The number of benzene rings is 4. The molecular formula is C35H37F. The van der Waals surface area contributed by atoms with Crippen molar-refractivity contribution in [1.29, 1.82) is 0 Å². The molecule has 4 rings (SSSR count). The van der Waals surface area contributed by atoms with E-state index < -0.39 is 0 Å². The summed E-state index contributed by atoms with van der Waals surface area (Å²) in [6.45, 7) is 4.46. The van der Waals surface area contributed by atoms with Crippen LogP contribution in [0.5, 0.6) is 0 Å². The first kappa shape index (κ1) is 25.7. The predicted octanol–water partition coefficient (Wildman–Crippen LogP) is 9.90. The Hall–Kier alpha value is -3.37. The molecule has 0 bridgehead atoms. The summed E-state index contributed by atoms with van der Waals surface area (Å²) in [5, 5.41) is 1.59. The molecule has 0 unspecified atom stereocenters. The lowest BCUT2D eigenvalue weighted by molar-refractivity contribution is 0.636. The van der Waals surface area contributed by atoms with Gasteiger partial charge in [0.05, 0.1) is 5.56 Å². The summed E-state index contributed by atoms with van der Waals surface area (Å²) < 4.78 is 15.1. The van der Waals surface area contributed by atoms with Crippen molar-refractivity contribution in [2.24, 2.45) is 0 Å². The Labute approximate surface area is 216 Å². The fraction of sp³-hybridized carbons (Fsp3) is 0.314. The minimum Gasteiger partial charge on any atom is -0.205 e. The lowest BCUT2D eigenvalue weighted by atomic mass is 9.99. The quantitative estimate of drug-likeness (QED) is 0.158. The number of rotatable bonds is 10. The van der Waals surface area contributed by atoms with Gasteiger partial charge in [0.25, 0.3) is 0 Å². The van der Waals surface area contributed by atoms with Crippen LogP contribution < -0.4 is 0 Å². The molecule has 36 heavy (non-hydrogen) atoms. The first-order valence-electron chi connectivity index (χ1n) is 13.6. The molecule has 0 aliphatic carbocycles. The average molecular weight is 477 g/mol. The third-order valence-corrected chi connectivity index (χ3v) is 6.92. The molecule has 0 N–H and O–H groups in total. The Morgan fingerprint density at radius 1 is 0.583 bits per heavy atom. The zero-order valence-electron chi connectivity index (χ0n) is 21.7. The van der Waals surface area contributed by atoms with E-state index in [0.717, 1.165) is 23.8 Å². The number of fused-ring (bicyclic) bond motifs is 1. The first-order chi connectivity index (χ1) is 17.7. The van der Waals surface area contributed by atoms with Crippen LogP contribution in [0.4, 0.5) is 4.39 Å². The summed E-state index contributed by atoms with van der Waals surface area (Å²) in [7, 11) is 0. The van der Waals surface area contributed by atoms with Crippen molar-refractivity contribution >= 4 is 10.8 Å². The summed E-state index contributed by atoms with van der Waals surface area (Å²) in [5.74, 6) is 5.96. The topological polar surface area (TPSA) is 0 Å². The van der Waals surface area contributed by atoms with Crippen molar-refractivity contribution in [1.82, 2.24) is 0 Å². The largest absolute Gasteiger partial charge is 0.205 e. The minimum atomic E-state index is -0.230. The smallest absolute Gasteiger partial charge is 0.146 e. The average Bonchev–Trinajstić information content (AvgIpc) is 2.92. The molecule has 4 aromatic rings. The Morgan fingerprint density at radius 2 is 1.19 bits per heavy atom. The highest BCUT2D eigenvalue weighted by molar-refractivity contribution is 5.85. The first-order valence-corrected chi connectivity index (χ1v) is 13.6. The van der Waals surface area contributed by atoms with E-state index in [2.05, 4.69) is 74.2 Å². The second-order valence-corrected chi connectivity index (χ2v) is 9.77. The third-order valence-electron chi connectivity index (χ3n) is 6.92. The highest BCUT2D eigenvalue weighted by Crippen LogP contribution is 2.24. The molecule has 184 valence electrons.